The number of hydrogen-bond donors (Lipinski definition) is 1. The van der Waals surface area contributed by atoms with Gasteiger partial charge in [-0.1, -0.05) is 35.9 Å². The number of nitrogens with zero attached hydrogens (tertiary/aromatic N) is 1. The summed E-state index contributed by atoms with van der Waals surface area (Å²) in [4.78, 5) is 27.6. The Morgan fingerprint density at radius 3 is 2.45 bits per heavy atom. The zero-order valence-corrected chi connectivity index (χ0v) is 18.7. The number of carbonyl (C=O) groups is 2. The van der Waals surface area contributed by atoms with E-state index in [2.05, 4.69) is 5.32 Å². The third-order valence-electron chi connectivity index (χ3n) is 5.48. The summed E-state index contributed by atoms with van der Waals surface area (Å²) in [5, 5.41) is 3.56. The maximum absolute atomic E-state index is 13.2. The van der Waals surface area contributed by atoms with Crippen molar-refractivity contribution < 1.29 is 19.1 Å². The highest BCUT2D eigenvalue weighted by molar-refractivity contribution is 6.30. The van der Waals surface area contributed by atoms with Crippen molar-refractivity contribution in [2.24, 2.45) is 0 Å². The summed E-state index contributed by atoms with van der Waals surface area (Å²) >= 11 is 5.95. The molecule has 0 radical (unpaired) electrons. The van der Waals surface area contributed by atoms with Crippen LogP contribution in [0, 0.1) is 0 Å². The van der Waals surface area contributed by atoms with E-state index < -0.39 is 6.04 Å². The fraction of sp³-hybridized carbons (Fsp3) is 0.417. The summed E-state index contributed by atoms with van der Waals surface area (Å²) in [5.41, 5.74) is 1.77. The van der Waals surface area contributed by atoms with Crippen LogP contribution in [0.25, 0.3) is 0 Å². The molecule has 0 aliphatic carbocycles. The van der Waals surface area contributed by atoms with Crippen LogP contribution in [-0.4, -0.2) is 49.1 Å². The Morgan fingerprint density at radius 1 is 1.16 bits per heavy atom. The van der Waals surface area contributed by atoms with E-state index in [9.17, 15) is 9.59 Å². The van der Waals surface area contributed by atoms with E-state index in [0.29, 0.717) is 18.1 Å². The first-order valence-corrected chi connectivity index (χ1v) is 10.9. The fourth-order valence-electron chi connectivity index (χ4n) is 3.56. The number of hydrogen-bond acceptors (Lipinski definition) is 4. The van der Waals surface area contributed by atoms with Crippen molar-refractivity contribution in [3.63, 3.8) is 0 Å². The second-order valence-corrected chi connectivity index (χ2v) is 8.17. The standard InChI is InChI=1S/C24H29ClN2O4/c1-17(24(29)26-15-22-4-3-13-31-22)27(16-19-7-11-21(30-2)12-8-19)23(28)14-18-5-9-20(25)10-6-18/h5-12,17,22H,3-4,13-16H2,1-2H3,(H,26,29)/t17-,22+/m1/s1. The van der Waals surface area contributed by atoms with Crippen LogP contribution in [0.4, 0.5) is 0 Å². The summed E-state index contributed by atoms with van der Waals surface area (Å²) < 4.78 is 10.8. The van der Waals surface area contributed by atoms with Gasteiger partial charge in [-0.2, -0.15) is 0 Å². The normalized spacial score (nSPS) is 16.5. The van der Waals surface area contributed by atoms with Crippen molar-refractivity contribution in [3.8, 4) is 5.75 Å². The van der Waals surface area contributed by atoms with Crippen LogP contribution < -0.4 is 10.1 Å². The minimum absolute atomic E-state index is 0.0518. The summed E-state index contributed by atoms with van der Waals surface area (Å²) in [6, 6.07) is 14.0. The van der Waals surface area contributed by atoms with Gasteiger partial charge in [-0.05, 0) is 55.2 Å². The van der Waals surface area contributed by atoms with Crippen LogP contribution in [0.5, 0.6) is 5.75 Å². The average Bonchev–Trinajstić information content (AvgIpc) is 3.31. The van der Waals surface area contributed by atoms with Crippen LogP contribution in [-0.2, 0) is 27.3 Å². The average molecular weight is 445 g/mol. The van der Waals surface area contributed by atoms with Gasteiger partial charge in [-0.25, -0.2) is 0 Å². The Morgan fingerprint density at radius 2 is 1.84 bits per heavy atom. The lowest BCUT2D eigenvalue weighted by Crippen LogP contribution is -2.49. The molecule has 1 aliphatic rings. The molecule has 31 heavy (non-hydrogen) atoms. The molecule has 7 heteroatoms. The van der Waals surface area contributed by atoms with Crippen molar-refractivity contribution in [2.75, 3.05) is 20.3 Å². The number of benzene rings is 2. The molecule has 0 aromatic heterocycles. The molecule has 1 N–H and O–H groups in total. The van der Waals surface area contributed by atoms with E-state index >= 15 is 0 Å². The van der Waals surface area contributed by atoms with E-state index in [1.54, 1.807) is 31.1 Å². The molecule has 6 nitrogen and oxygen atoms in total. The number of amides is 2. The Labute approximate surface area is 188 Å². The van der Waals surface area contributed by atoms with E-state index in [1.165, 1.54) is 0 Å². The van der Waals surface area contributed by atoms with Gasteiger partial charge in [0.15, 0.2) is 0 Å². The van der Waals surface area contributed by atoms with Crippen LogP contribution >= 0.6 is 11.6 Å². The second kappa shape index (κ2) is 11.2. The number of methoxy groups -OCH3 is 1. The quantitative estimate of drug-likeness (QED) is 0.641. The highest BCUT2D eigenvalue weighted by Crippen LogP contribution is 2.17. The molecule has 1 fully saturated rings. The van der Waals surface area contributed by atoms with Gasteiger partial charge < -0.3 is 19.7 Å². The Balaban J connectivity index is 1.71. The monoisotopic (exact) mass is 444 g/mol. The van der Waals surface area contributed by atoms with Gasteiger partial charge in [0.1, 0.15) is 11.8 Å². The molecule has 0 bridgehead atoms. The van der Waals surface area contributed by atoms with Crippen molar-refractivity contribution >= 4 is 23.4 Å². The second-order valence-electron chi connectivity index (χ2n) is 7.73. The van der Waals surface area contributed by atoms with E-state index in [0.717, 1.165) is 36.3 Å². The van der Waals surface area contributed by atoms with Crippen molar-refractivity contribution in [2.45, 2.75) is 44.9 Å². The lowest BCUT2D eigenvalue weighted by atomic mass is 10.1. The molecule has 2 amide bonds. The lowest BCUT2D eigenvalue weighted by Gasteiger charge is -2.29. The molecular weight excluding hydrogens is 416 g/mol. The summed E-state index contributed by atoms with van der Waals surface area (Å²) in [5.74, 6) is 0.427. The van der Waals surface area contributed by atoms with E-state index in [1.807, 2.05) is 36.4 Å². The molecule has 1 aliphatic heterocycles. The van der Waals surface area contributed by atoms with Gasteiger partial charge in [0.05, 0.1) is 19.6 Å². The lowest BCUT2D eigenvalue weighted by molar-refractivity contribution is -0.140. The minimum atomic E-state index is -0.622. The topological polar surface area (TPSA) is 67.9 Å². The van der Waals surface area contributed by atoms with Gasteiger partial charge >= 0.3 is 0 Å². The van der Waals surface area contributed by atoms with E-state index in [-0.39, 0.29) is 24.3 Å². The zero-order valence-electron chi connectivity index (χ0n) is 18.0. The number of carbonyl (C=O) groups excluding carboxylic acids is 2. The molecule has 1 heterocycles. The number of ether oxygens (including phenoxy) is 2. The maximum atomic E-state index is 13.2. The summed E-state index contributed by atoms with van der Waals surface area (Å²) in [6.07, 6.45) is 2.20. The third kappa shape index (κ3) is 6.71. The molecule has 0 saturated carbocycles. The molecule has 1 saturated heterocycles. The van der Waals surface area contributed by atoms with Crippen molar-refractivity contribution in [1.82, 2.24) is 10.2 Å². The largest absolute Gasteiger partial charge is 0.497 e. The number of rotatable bonds is 9. The predicted molar refractivity (Wildman–Crippen MR) is 120 cm³/mol. The van der Waals surface area contributed by atoms with Crippen molar-refractivity contribution in [1.29, 1.82) is 0 Å². The molecule has 3 rings (SSSR count). The Bertz CT molecular complexity index is 864. The zero-order chi connectivity index (χ0) is 22.2. The molecule has 2 atom stereocenters. The molecular formula is C24H29ClN2O4. The van der Waals surface area contributed by atoms with Gasteiger partial charge in [0, 0.05) is 24.7 Å². The highest BCUT2D eigenvalue weighted by Gasteiger charge is 2.27. The highest BCUT2D eigenvalue weighted by atomic mass is 35.5. The Hall–Kier alpha value is -2.57. The smallest absolute Gasteiger partial charge is 0.242 e. The number of halogens is 1. The Kier molecular flexibility index (Phi) is 8.32. The molecule has 0 spiro atoms. The first-order valence-electron chi connectivity index (χ1n) is 10.5. The molecule has 0 unspecified atom stereocenters. The number of nitrogens with one attached hydrogen (secondary N) is 1. The fourth-order valence-corrected chi connectivity index (χ4v) is 3.68. The summed E-state index contributed by atoms with van der Waals surface area (Å²) in [6.45, 7) is 3.28. The first kappa shape index (κ1) is 23.1. The van der Waals surface area contributed by atoms with Gasteiger partial charge in [0.2, 0.25) is 11.8 Å². The van der Waals surface area contributed by atoms with Crippen molar-refractivity contribution in [3.05, 3.63) is 64.7 Å². The molecule has 2 aromatic rings. The van der Waals surface area contributed by atoms with Crippen LogP contribution in [0.1, 0.15) is 30.9 Å². The van der Waals surface area contributed by atoms with Gasteiger partial charge in [0.25, 0.3) is 0 Å². The van der Waals surface area contributed by atoms with Crippen LogP contribution in [0.15, 0.2) is 48.5 Å². The SMILES string of the molecule is COc1ccc(CN(C(=O)Cc2ccc(Cl)cc2)[C@H](C)C(=O)NC[C@@H]2CCCO2)cc1. The van der Waals surface area contributed by atoms with Gasteiger partial charge in [-0.15, -0.1) is 0 Å². The predicted octanol–water partition coefficient (Wildman–Crippen LogP) is 3.60. The maximum Gasteiger partial charge on any atom is 0.242 e. The van der Waals surface area contributed by atoms with Crippen LogP contribution in [0.3, 0.4) is 0 Å². The minimum Gasteiger partial charge on any atom is -0.497 e. The first-order chi connectivity index (χ1) is 15.0. The van der Waals surface area contributed by atoms with Gasteiger partial charge in [-0.3, -0.25) is 9.59 Å². The third-order valence-corrected chi connectivity index (χ3v) is 5.73. The molecule has 166 valence electrons. The van der Waals surface area contributed by atoms with Crippen LogP contribution in [0.2, 0.25) is 5.02 Å². The molecule has 2 aromatic carbocycles. The van der Waals surface area contributed by atoms with E-state index in [4.69, 9.17) is 21.1 Å². The summed E-state index contributed by atoms with van der Waals surface area (Å²) in [7, 11) is 1.61.